The van der Waals surface area contributed by atoms with E-state index in [1.165, 1.54) is 12.1 Å². The largest absolute Gasteiger partial charge is 0.493 e. The molecule has 0 radical (unpaired) electrons. The third-order valence-corrected chi connectivity index (χ3v) is 5.63. The second-order valence-corrected chi connectivity index (χ2v) is 8.18. The van der Waals surface area contributed by atoms with Crippen LogP contribution >= 0.6 is 0 Å². The van der Waals surface area contributed by atoms with Crippen LogP contribution in [0.3, 0.4) is 0 Å². The second-order valence-electron chi connectivity index (χ2n) is 8.18. The van der Waals surface area contributed by atoms with E-state index in [0.29, 0.717) is 22.3 Å². The van der Waals surface area contributed by atoms with Crippen LogP contribution in [0.5, 0.6) is 5.75 Å². The van der Waals surface area contributed by atoms with Crippen LogP contribution in [0.25, 0.3) is 11.0 Å². The van der Waals surface area contributed by atoms with E-state index >= 15 is 0 Å². The molecular weight excluding hydrogens is 419 g/mol. The summed E-state index contributed by atoms with van der Waals surface area (Å²) in [6.45, 7) is 6.27. The zero-order chi connectivity index (χ0) is 24.2. The number of halogens is 1. The van der Waals surface area contributed by atoms with Crippen LogP contribution in [0, 0.1) is 11.7 Å². The Hall–Kier alpha value is -2.95. The standard InChI is InChI=1S/C14H19FO.C14H16O3/c1-3-5-11(6-4-2)14(16)12-7-9-13(15)10-8-12;1-3-4-6-10-9-17-14-11(13(10)15)7-5-8-12(14)16-2/h7-11H,3-6H2,1-2H3;5,7-9H,3-4,6H2,1-2H3. The third-order valence-electron chi connectivity index (χ3n) is 5.63. The molecule has 2 aromatic carbocycles. The number of ketones is 1. The van der Waals surface area contributed by atoms with Crippen molar-refractivity contribution in [3.63, 3.8) is 0 Å². The lowest BCUT2D eigenvalue weighted by molar-refractivity contribution is 0.0905. The highest BCUT2D eigenvalue weighted by atomic mass is 19.1. The highest BCUT2D eigenvalue weighted by Crippen LogP contribution is 2.23. The molecule has 5 heteroatoms. The van der Waals surface area contributed by atoms with Crippen LogP contribution in [0.2, 0.25) is 0 Å². The topological polar surface area (TPSA) is 56.5 Å². The molecule has 0 amide bonds. The van der Waals surface area contributed by atoms with Gasteiger partial charge in [-0.2, -0.15) is 0 Å². The summed E-state index contributed by atoms with van der Waals surface area (Å²) in [6, 6.07) is 11.2. The number of rotatable bonds is 10. The molecule has 33 heavy (non-hydrogen) atoms. The molecule has 3 rings (SSSR count). The number of carbonyl (C=O) groups excluding carboxylic acids is 1. The number of hydrogen-bond acceptors (Lipinski definition) is 4. The number of methoxy groups -OCH3 is 1. The summed E-state index contributed by atoms with van der Waals surface area (Å²) < 4.78 is 23.4. The average molecular weight is 455 g/mol. The van der Waals surface area contributed by atoms with Gasteiger partial charge in [0.25, 0.3) is 0 Å². The molecule has 0 spiro atoms. The van der Waals surface area contributed by atoms with E-state index in [1.54, 1.807) is 37.6 Å². The summed E-state index contributed by atoms with van der Waals surface area (Å²) in [6.07, 6.45) is 8.26. The molecule has 178 valence electrons. The van der Waals surface area contributed by atoms with E-state index in [9.17, 15) is 14.0 Å². The maximum absolute atomic E-state index is 12.7. The average Bonchev–Trinajstić information content (AvgIpc) is 2.83. The van der Waals surface area contributed by atoms with Gasteiger partial charge in [0.05, 0.1) is 18.8 Å². The predicted molar refractivity (Wildman–Crippen MR) is 132 cm³/mol. The first-order valence-corrected chi connectivity index (χ1v) is 11.8. The predicted octanol–water partition coefficient (Wildman–Crippen LogP) is 7.37. The lowest BCUT2D eigenvalue weighted by atomic mass is 9.90. The van der Waals surface area contributed by atoms with Crippen molar-refractivity contribution in [1.29, 1.82) is 0 Å². The number of aryl methyl sites for hydroxylation is 1. The molecule has 0 unspecified atom stereocenters. The van der Waals surface area contributed by atoms with Gasteiger partial charge in [-0.25, -0.2) is 4.39 Å². The molecule has 0 saturated heterocycles. The summed E-state index contributed by atoms with van der Waals surface area (Å²) in [5, 5.41) is 0.595. The van der Waals surface area contributed by atoms with E-state index in [0.717, 1.165) is 50.5 Å². The fourth-order valence-electron chi connectivity index (χ4n) is 3.83. The zero-order valence-corrected chi connectivity index (χ0v) is 20.2. The molecule has 0 aliphatic rings. The molecule has 0 aliphatic heterocycles. The van der Waals surface area contributed by atoms with Crippen molar-refractivity contribution in [3.05, 3.63) is 75.9 Å². The van der Waals surface area contributed by atoms with Gasteiger partial charge in [-0.1, -0.05) is 46.1 Å². The summed E-state index contributed by atoms with van der Waals surface area (Å²) in [7, 11) is 1.57. The smallest absolute Gasteiger partial charge is 0.195 e. The van der Waals surface area contributed by atoms with E-state index in [1.807, 2.05) is 6.07 Å². The Labute approximate surface area is 195 Å². The first-order chi connectivity index (χ1) is 16.0. The molecule has 0 saturated carbocycles. The van der Waals surface area contributed by atoms with Crippen molar-refractivity contribution in [1.82, 2.24) is 0 Å². The van der Waals surface area contributed by atoms with Crippen molar-refractivity contribution in [2.45, 2.75) is 65.7 Å². The van der Waals surface area contributed by atoms with Gasteiger partial charge in [-0.15, -0.1) is 0 Å². The number of ether oxygens (including phenoxy) is 1. The van der Waals surface area contributed by atoms with Crippen LogP contribution in [-0.2, 0) is 6.42 Å². The van der Waals surface area contributed by atoms with E-state index in [-0.39, 0.29) is 22.9 Å². The molecule has 0 bridgehead atoms. The second kappa shape index (κ2) is 13.6. The van der Waals surface area contributed by atoms with Crippen molar-refractivity contribution < 1.29 is 18.3 Å². The molecule has 1 aromatic heterocycles. The Kier molecular flexibility index (Phi) is 10.8. The lowest BCUT2D eigenvalue weighted by Gasteiger charge is -2.13. The van der Waals surface area contributed by atoms with E-state index < -0.39 is 0 Å². The van der Waals surface area contributed by atoms with Gasteiger partial charge in [0, 0.05) is 17.0 Å². The first kappa shape index (κ1) is 26.3. The fraction of sp³-hybridized carbons (Fsp3) is 0.429. The van der Waals surface area contributed by atoms with Crippen molar-refractivity contribution >= 4 is 16.8 Å². The van der Waals surface area contributed by atoms with Gasteiger partial charge < -0.3 is 9.15 Å². The van der Waals surface area contributed by atoms with Gasteiger partial charge in [-0.3, -0.25) is 9.59 Å². The summed E-state index contributed by atoms with van der Waals surface area (Å²) >= 11 is 0. The summed E-state index contributed by atoms with van der Waals surface area (Å²) in [5.74, 6) is 0.560. The monoisotopic (exact) mass is 454 g/mol. The SMILES string of the molecule is CCCC(CCC)C(=O)c1ccc(F)cc1.CCCCc1coc2c(OC)cccc2c1=O. The maximum atomic E-state index is 12.7. The summed E-state index contributed by atoms with van der Waals surface area (Å²) in [4.78, 5) is 24.3. The van der Waals surface area contributed by atoms with Gasteiger partial charge in [-0.05, 0) is 62.1 Å². The minimum atomic E-state index is -0.293. The molecular formula is C28H35FO4. The number of para-hydroxylation sites is 1. The van der Waals surface area contributed by atoms with Crippen LogP contribution in [-0.4, -0.2) is 12.9 Å². The van der Waals surface area contributed by atoms with Crippen LogP contribution < -0.4 is 10.2 Å². The summed E-state index contributed by atoms with van der Waals surface area (Å²) in [5.41, 5.74) is 1.96. The minimum absolute atomic E-state index is 0.0543. The highest BCUT2D eigenvalue weighted by molar-refractivity contribution is 5.97. The lowest BCUT2D eigenvalue weighted by Crippen LogP contribution is -2.14. The van der Waals surface area contributed by atoms with Crippen LogP contribution in [0.1, 0.15) is 75.2 Å². The Morgan fingerprint density at radius 3 is 2.24 bits per heavy atom. The van der Waals surface area contributed by atoms with Crippen LogP contribution in [0.15, 0.2) is 57.9 Å². The molecule has 1 heterocycles. The van der Waals surface area contributed by atoms with E-state index in [4.69, 9.17) is 9.15 Å². The number of benzene rings is 2. The third kappa shape index (κ3) is 7.28. The van der Waals surface area contributed by atoms with Crippen molar-refractivity contribution in [2.75, 3.05) is 7.11 Å². The van der Waals surface area contributed by atoms with Gasteiger partial charge in [0.2, 0.25) is 0 Å². The van der Waals surface area contributed by atoms with Crippen molar-refractivity contribution in [3.8, 4) is 5.75 Å². The Bertz CT molecular complexity index is 1060. The van der Waals surface area contributed by atoms with Crippen molar-refractivity contribution in [2.24, 2.45) is 5.92 Å². The number of fused-ring (bicyclic) bond motifs is 1. The molecule has 0 N–H and O–H groups in total. The quantitative estimate of drug-likeness (QED) is 0.300. The maximum Gasteiger partial charge on any atom is 0.195 e. The Morgan fingerprint density at radius 2 is 1.67 bits per heavy atom. The molecule has 0 atom stereocenters. The zero-order valence-electron chi connectivity index (χ0n) is 20.2. The van der Waals surface area contributed by atoms with Gasteiger partial charge in [0.1, 0.15) is 5.82 Å². The minimum Gasteiger partial charge on any atom is -0.493 e. The first-order valence-electron chi connectivity index (χ1n) is 11.8. The van der Waals surface area contributed by atoms with E-state index in [2.05, 4.69) is 20.8 Å². The highest BCUT2D eigenvalue weighted by Gasteiger charge is 2.18. The molecule has 0 fully saturated rings. The number of unbranched alkanes of at least 4 members (excludes halogenated alkanes) is 1. The Morgan fingerprint density at radius 1 is 1.00 bits per heavy atom. The Balaban J connectivity index is 0.000000234. The number of carbonyl (C=O) groups is 1. The van der Waals surface area contributed by atoms with Gasteiger partial charge >= 0.3 is 0 Å². The normalized spacial score (nSPS) is 10.7. The molecule has 0 aliphatic carbocycles. The van der Waals surface area contributed by atoms with Gasteiger partial charge in [0.15, 0.2) is 22.5 Å². The number of Topliss-reactive ketones (excluding diaryl/α,β-unsaturated/α-hetero) is 1. The van der Waals surface area contributed by atoms with Crippen LogP contribution in [0.4, 0.5) is 4.39 Å². The molecule has 4 nitrogen and oxygen atoms in total. The number of hydrogen-bond donors (Lipinski definition) is 0. The molecule has 3 aromatic rings. The fourth-order valence-corrected chi connectivity index (χ4v) is 3.83.